The zero-order valence-electron chi connectivity index (χ0n) is 6.77. The summed E-state index contributed by atoms with van der Waals surface area (Å²) in [4.78, 5) is 4.06. The fourth-order valence-electron chi connectivity index (χ4n) is 1.03. The van der Waals surface area contributed by atoms with Crippen LogP contribution >= 0.6 is 15.9 Å². The maximum absolute atomic E-state index is 13.0. The lowest BCUT2D eigenvalue weighted by atomic mass is 10.3. The number of hydrogen-bond acceptors (Lipinski definition) is 3. The first-order valence-corrected chi connectivity index (χ1v) is 4.43. The van der Waals surface area contributed by atoms with Crippen LogP contribution in [0, 0.1) is 5.82 Å². The van der Waals surface area contributed by atoms with Crippen molar-refractivity contribution in [1.29, 1.82) is 0 Å². The van der Waals surface area contributed by atoms with Gasteiger partial charge in [0.2, 0.25) is 0 Å². The summed E-state index contributed by atoms with van der Waals surface area (Å²) < 4.78 is 18.6. The van der Waals surface area contributed by atoms with Gasteiger partial charge in [0.05, 0.1) is 4.47 Å². The molecule has 5 heteroatoms. The molecular formula is C8H6BrFN2O. The Morgan fingerprint density at radius 2 is 2.31 bits per heavy atom. The first-order chi connectivity index (χ1) is 6.20. The number of benzene rings is 1. The van der Waals surface area contributed by atoms with Gasteiger partial charge in [-0.15, -0.1) is 0 Å². The van der Waals surface area contributed by atoms with Gasteiger partial charge in [-0.2, -0.15) is 4.98 Å². The highest BCUT2D eigenvalue weighted by Crippen LogP contribution is 2.25. The van der Waals surface area contributed by atoms with Crippen LogP contribution < -0.4 is 5.32 Å². The van der Waals surface area contributed by atoms with Crippen molar-refractivity contribution in [3.8, 4) is 0 Å². The summed E-state index contributed by atoms with van der Waals surface area (Å²) in [6, 6.07) is 3.26. The molecule has 1 aromatic heterocycles. The minimum atomic E-state index is -0.355. The second kappa shape index (κ2) is 2.99. The van der Waals surface area contributed by atoms with E-state index in [1.54, 1.807) is 13.1 Å². The molecule has 0 bridgehead atoms. The predicted octanol–water partition coefficient (Wildman–Crippen LogP) is 2.77. The molecule has 1 N–H and O–H groups in total. The number of halogens is 2. The number of hydrogen-bond donors (Lipinski definition) is 1. The van der Waals surface area contributed by atoms with Crippen LogP contribution in [0.2, 0.25) is 0 Å². The molecule has 1 aromatic carbocycles. The molecule has 2 aromatic rings. The molecule has 0 amide bonds. The van der Waals surface area contributed by atoms with E-state index in [4.69, 9.17) is 4.42 Å². The smallest absolute Gasteiger partial charge is 0.295 e. The molecule has 0 saturated carbocycles. The van der Waals surface area contributed by atoms with E-state index in [1.165, 1.54) is 6.07 Å². The third kappa shape index (κ3) is 1.39. The summed E-state index contributed by atoms with van der Waals surface area (Å²) in [5.41, 5.74) is 1.06. The minimum Gasteiger partial charge on any atom is -0.423 e. The maximum Gasteiger partial charge on any atom is 0.295 e. The summed E-state index contributed by atoms with van der Waals surface area (Å²) in [5.74, 6) is -0.355. The summed E-state index contributed by atoms with van der Waals surface area (Å²) >= 11 is 3.07. The van der Waals surface area contributed by atoms with Gasteiger partial charge in [-0.25, -0.2) is 4.39 Å². The SMILES string of the molecule is CNc1nc2cc(Br)c(F)cc2o1. The predicted molar refractivity (Wildman–Crippen MR) is 51.2 cm³/mol. The number of rotatable bonds is 1. The van der Waals surface area contributed by atoms with Crippen molar-refractivity contribution in [2.45, 2.75) is 0 Å². The summed E-state index contributed by atoms with van der Waals surface area (Å²) in [6.45, 7) is 0. The van der Waals surface area contributed by atoms with Crippen molar-refractivity contribution in [3.63, 3.8) is 0 Å². The minimum absolute atomic E-state index is 0.355. The molecule has 13 heavy (non-hydrogen) atoms. The molecule has 0 aliphatic carbocycles. The molecule has 0 unspecified atom stereocenters. The first-order valence-electron chi connectivity index (χ1n) is 3.64. The average Bonchev–Trinajstić information content (AvgIpc) is 2.48. The van der Waals surface area contributed by atoms with E-state index in [0.717, 1.165) is 0 Å². The molecule has 0 fully saturated rings. The van der Waals surface area contributed by atoms with Gasteiger partial charge in [0.25, 0.3) is 6.01 Å². The van der Waals surface area contributed by atoms with Crippen molar-refractivity contribution in [1.82, 2.24) is 4.98 Å². The average molecular weight is 245 g/mol. The van der Waals surface area contributed by atoms with Gasteiger partial charge >= 0.3 is 0 Å². The van der Waals surface area contributed by atoms with Crippen molar-refractivity contribution in [2.75, 3.05) is 12.4 Å². The molecule has 0 spiro atoms. The quantitative estimate of drug-likeness (QED) is 0.839. The van der Waals surface area contributed by atoms with Gasteiger partial charge in [0.1, 0.15) is 11.3 Å². The standard InChI is InChI=1S/C8H6BrFN2O/c1-11-8-12-6-2-4(9)5(10)3-7(6)13-8/h2-3H,1H3,(H,11,12). The van der Waals surface area contributed by atoms with Crippen molar-refractivity contribution in [3.05, 3.63) is 22.4 Å². The number of oxazole rings is 1. The number of fused-ring (bicyclic) bond motifs is 1. The Hall–Kier alpha value is -1.10. The topological polar surface area (TPSA) is 38.1 Å². The second-order valence-corrected chi connectivity index (χ2v) is 3.36. The Kier molecular flexibility index (Phi) is 1.95. The normalized spacial score (nSPS) is 10.7. The van der Waals surface area contributed by atoms with Crippen LogP contribution in [0.5, 0.6) is 0 Å². The molecule has 68 valence electrons. The number of anilines is 1. The molecule has 2 rings (SSSR count). The Balaban J connectivity index is 2.70. The lowest BCUT2D eigenvalue weighted by Crippen LogP contribution is -1.85. The van der Waals surface area contributed by atoms with Crippen LogP contribution in [0.1, 0.15) is 0 Å². The van der Waals surface area contributed by atoms with E-state index in [0.29, 0.717) is 21.6 Å². The van der Waals surface area contributed by atoms with E-state index in [2.05, 4.69) is 26.2 Å². The molecular weight excluding hydrogens is 239 g/mol. The highest BCUT2D eigenvalue weighted by Gasteiger charge is 2.07. The van der Waals surface area contributed by atoms with Crippen molar-refractivity contribution < 1.29 is 8.81 Å². The van der Waals surface area contributed by atoms with Crippen LogP contribution in [-0.4, -0.2) is 12.0 Å². The molecule has 0 aliphatic rings. The van der Waals surface area contributed by atoms with Crippen molar-refractivity contribution in [2.24, 2.45) is 0 Å². The number of aromatic nitrogens is 1. The van der Waals surface area contributed by atoms with Gasteiger partial charge in [-0.1, -0.05) is 0 Å². The van der Waals surface area contributed by atoms with Crippen LogP contribution in [0.3, 0.4) is 0 Å². The first kappa shape index (κ1) is 8.50. The zero-order valence-corrected chi connectivity index (χ0v) is 8.35. The van der Waals surface area contributed by atoms with Crippen LogP contribution in [0.15, 0.2) is 21.0 Å². The lowest BCUT2D eigenvalue weighted by molar-refractivity contribution is 0.600. The van der Waals surface area contributed by atoms with Crippen LogP contribution in [-0.2, 0) is 0 Å². The molecule has 3 nitrogen and oxygen atoms in total. The van der Waals surface area contributed by atoms with Crippen molar-refractivity contribution >= 4 is 33.0 Å². The highest BCUT2D eigenvalue weighted by atomic mass is 79.9. The van der Waals surface area contributed by atoms with E-state index < -0.39 is 0 Å². The highest BCUT2D eigenvalue weighted by molar-refractivity contribution is 9.10. The third-order valence-corrected chi connectivity index (χ3v) is 2.25. The third-order valence-electron chi connectivity index (χ3n) is 1.64. The number of nitrogens with one attached hydrogen (secondary N) is 1. The summed E-state index contributed by atoms with van der Waals surface area (Å²) in [7, 11) is 1.69. The van der Waals surface area contributed by atoms with E-state index >= 15 is 0 Å². The Labute approximate surface area is 82.1 Å². The van der Waals surface area contributed by atoms with E-state index in [9.17, 15) is 4.39 Å². The van der Waals surface area contributed by atoms with Gasteiger partial charge < -0.3 is 9.73 Å². The summed E-state index contributed by atoms with van der Waals surface area (Å²) in [6.07, 6.45) is 0. The molecule has 0 aliphatic heterocycles. The van der Waals surface area contributed by atoms with Gasteiger partial charge in [-0.05, 0) is 22.0 Å². The summed E-state index contributed by atoms with van der Waals surface area (Å²) in [5, 5.41) is 2.74. The fraction of sp³-hybridized carbons (Fsp3) is 0.125. The molecule has 0 saturated heterocycles. The van der Waals surface area contributed by atoms with Crippen LogP contribution in [0.25, 0.3) is 11.1 Å². The van der Waals surface area contributed by atoms with E-state index in [-0.39, 0.29) is 5.82 Å². The number of nitrogens with zero attached hydrogens (tertiary/aromatic N) is 1. The zero-order chi connectivity index (χ0) is 9.42. The molecule has 0 radical (unpaired) electrons. The fourth-order valence-corrected chi connectivity index (χ4v) is 1.36. The molecule has 0 atom stereocenters. The lowest BCUT2D eigenvalue weighted by Gasteiger charge is -1.90. The van der Waals surface area contributed by atoms with Crippen LogP contribution in [0.4, 0.5) is 10.4 Å². The van der Waals surface area contributed by atoms with E-state index in [1.807, 2.05) is 0 Å². The van der Waals surface area contributed by atoms with Gasteiger partial charge in [-0.3, -0.25) is 0 Å². The second-order valence-electron chi connectivity index (χ2n) is 2.50. The Morgan fingerprint density at radius 3 is 3.00 bits per heavy atom. The monoisotopic (exact) mass is 244 g/mol. The Bertz CT molecular complexity index is 416. The van der Waals surface area contributed by atoms with Gasteiger partial charge in [0, 0.05) is 13.1 Å². The maximum atomic E-state index is 13.0. The largest absolute Gasteiger partial charge is 0.423 e. The Morgan fingerprint density at radius 1 is 1.54 bits per heavy atom. The molecule has 1 heterocycles. The van der Waals surface area contributed by atoms with Gasteiger partial charge in [0.15, 0.2) is 5.58 Å².